The predicted molar refractivity (Wildman–Crippen MR) is 54.1 cm³/mol. The third-order valence-electron chi connectivity index (χ3n) is 2.12. The average molecular weight is 260 g/mol. The first-order valence-corrected chi connectivity index (χ1v) is 4.26. The van der Waals surface area contributed by atoms with Crippen LogP contribution in [0.3, 0.4) is 0 Å². The average Bonchev–Trinajstić information content (AvgIpc) is 2.17. The summed E-state index contributed by atoms with van der Waals surface area (Å²) in [6, 6.07) is 13.4. The number of aryl methyl sites for hydroxylation is 1. The second kappa shape index (κ2) is 4.90. The van der Waals surface area contributed by atoms with Crippen LogP contribution in [0.15, 0.2) is 30.3 Å². The molecule has 2 heteroatoms. The van der Waals surface area contributed by atoms with Crippen molar-refractivity contribution in [2.75, 3.05) is 7.11 Å². The van der Waals surface area contributed by atoms with Crippen molar-refractivity contribution in [2.24, 2.45) is 0 Å². The summed E-state index contributed by atoms with van der Waals surface area (Å²) >= 11 is 0. The summed E-state index contributed by atoms with van der Waals surface area (Å²) in [6.07, 6.45) is 0. The SMILES string of the molecule is COc1[c-]cc2cc(C)ccc2c1.[Y+3]. The largest absolute Gasteiger partial charge is 3.00 e. The van der Waals surface area contributed by atoms with Crippen LogP contribution in [0, 0.1) is 13.0 Å². The van der Waals surface area contributed by atoms with Gasteiger partial charge in [0.2, 0.25) is 0 Å². The van der Waals surface area contributed by atoms with Gasteiger partial charge in [0.1, 0.15) is 0 Å². The molecule has 1 nitrogen and oxygen atoms in total. The van der Waals surface area contributed by atoms with Gasteiger partial charge in [0.15, 0.2) is 0 Å². The molecule has 0 bridgehead atoms. The van der Waals surface area contributed by atoms with E-state index in [2.05, 4.69) is 31.2 Å². The van der Waals surface area contributed by atoms with E-state index in [0.29, 0.717) is 0 Å². The van der Waals surface area contributed by atoms with Crippen LogP contribution < -0.4 is 4.74 Å². The summed E-state index contributed by atoms with van der Waals surface area (Å²) in [5.41, 5.74) is 1.27. The topological polar surface area (TPSA) is 9.23 Å². The first kappa shape index (κ1) is 11.7. The molecular formula is C12H11OY+2. The molecule has 0 fully saturated rings. The van der Waals surface area contributed by atoms with E-state index >= 15 is 0 Å². The van der Waals surface area contributed by atoms with E-state index in [0.717, 1.165) is 5.75 Å². The molecular weight excluding hydrogens is 249 g/mol. The first-order valence-electron chi connectivity index (χ1n) is 4.26. The van der Waals surface area contributed by atoms with E-state index in [1.807, 2.05) is 12.1 Å². The molecule has 0 aliphatic carbocycles. The minimum absolute atomic E-state index is 0. The summed E-state index contributed by atoms with van der Waals surface area (Å²) in [4.78, 5) is 0. The van der Waals surface area contributed by atoms with Crippen molar-refractivity contribution >= 4 is 10.8 Å². The molecule has 0 saturated carbocycles. The maximum absolute atomic E-state index is 5.10. The molecule has 2 rings (SSSR count). The van der Waals surface area contributed by atoms with Crippen LogP contribution in [0.4, 0.5) is 0 Å². The van der Waals surface area contributed by atoms with Gasteiger partial charge in [0.25, 0.3) is 0 Å². The summed E-state index contributed by atoms with van der Waals surface area (Å²) in [5, 5.41) is 2.40. The van der Waals surface area contributed by atoms with Gasteiger partial charge >= 0.3 is 32.7 Å². The van der Waals surface area contributed by atoms with E-state index in [1.54, 1.807) is 7.11 Å². The van der Waals surface area contributed by atoms with Gasteiger partial charge in [-0.25, -0.2) is 0 Å². The molecule has 0 saturated heterocycles. The van der Waals surface area contributed by atoms with Crippen LogP contribution in [-0.4, -0.2) is 7.11 Å². The summed E-state index contributed by atoms with van der Waals surface area (Å²) in [7, 11) is 1.66. The smallest absolute Gasteiger partial charge is 0.523 e. The Labute approximate surface area is 109 Å². The van der Waals surface area contributed by atoms with E-state index in [1.165, 1.54) is 16.3 Å². The standard InChI is InChI=1S/C12H11O.Y/c1-9-3-4-11-8-12(13-2)6-5-10(11)7-9;/h3-5,7-8H,1-2H3;/q-1;+3. The van der Waals surface area contributed by atoms with Crippen molar-refractivity contribution < 1.29 is 37.4 Å². The number of hydrogen-bond acceptors (Lipinski definition) is 1. The third kappa shape index (κ3) is 2.34. The second-order valence-electron chi connectivity index (χ2n) is 3.13. The van der Waals surface area contributed by atoms with Crippen molar-refractivity contribution in [3.8, 4) is 5.75 Å². The Hall–Kier alpha value is -0.396. The Balaban J connectivity index is 0.000000980. The number of benzene rings is 2. The second-order valence-corrected chi connectivity index (χ2v) is 3.13. The third-order valence-corrected chi connectivity index (χ3v) is 2.12. The van der Waals surface area contributed by atoms with Gasteiger partial charge in [-0.05, 0) is 6.92 Å². The van der Waals surface area contributed by atoms with E-state index in [-0.39, 0.29) is 32.7 Å². The molecule has 0 N–H and O–H groups in total. The van der Waals surface area contributed by atoms with Gasteiger partial charge in [-0.3, -0.25) is 0 Å². The normalized spacial score (nSPS) is 9.57. The molecule has 0 aliphatic heterocycles. The summed E-state index contributed by atoms with van der Waals surface area (Å²) < 4.78 is 5.10. The minimum atomic E-state index is 0. The maximum Gasteiger partial charge on any atom is 3.00 e. The molecule has 66 valence electrons. The van der Waals surface area contributed by atoms with Crippen LogP contribution >= 0.6 is 0 Å². The fourth-order valence-corrected chi connectivity index (χ4v) is 1.40. The number of rotatable bonds is 1. The Morgan fingerprint density at radius 2 is 1.93 bits per heavy atom. The van der Waals surface area contributed by atoms with Crippen molar-refractivity contribution in [3.63, 3.8) is 0 Å². The van der Waals surface area contributed by atoms with Gasteiger partial charge < -0.3 is 4.74 Å². The van der Waals surface area contributed by atoms with Crippen molar-refractivity contribution in [3.05, 3.63) is 42.0 Å². The number of hydrogen-bond donors (Lipinski definition) is 0. The Kier molecular flexibility index (Phi) is 4.09. The van der Waals surface area contributed by atoms with Crippen LogP contribution in [0.25, 0.3) is 10.8 Å². The Morgan fingerprint density at radius 1 is 1.14 bits per heavy atom. The summed E-state index contributed by atoms with van der Waals surface area (Å²) in [5.74, 6) is 0.788. The fourth-order valence-electron chi connectivity index (χ4n) is 1.40. The molecule has 2 aromatic rings. The monoisotopic (exact) mass is 260 g/mol. The quantitative estimate of drug-likeness (QED) is 0.716. The van der Waals surface area contributed by atoms with Gasteiger partial charge in [-0.2, -0.15) is 6.07 Å². The number of methoxy groups -OCH3 is 1. The number of ether oxygens (including phenoxy) is 1. The van der Waals surface area contributed by atoms with Gasteiger partial charge in [-0.15, -0.1) is 29.0 Å². The molecule has 0 aliphatic rings. The van der Waals surface area contributed by atoms with Gasteiger partial charge in [0.05, 0.1) is 7.11 Å². The molecule has 0 heterocycles. The Bertz CT molecular complexity index is 437. The van der Waals surface area contributed by atoms with Crippen LogP contribution in [0.1, 0.15) is 5.56 Å². The van der Waals surface area contributed by atoms with Crippen LogP contribution in [0.5, 0.6) is 5.75 Å². The van der Waals surface area contributed by atoms with Crippen molar-refractivity contribution in [1.29, 1.82) is 0 Å². The Morgan fingerprint density at radius 3 is 2.64 bits per heavy atom. The molecule has 0 atom stereocenters. The predicted octanol–water partition coefficient (Wildman–Crippen LogP) is 2.95. The molecule has 14 heavy (non-hydrogen) atoms. The van der Waals surface area contributed by atoms with E-state index in [9.17, 15) is 0 Å². The van der Waals surface area contributed by atoms with Crippen LogP contribution in [-0.2, 0) is 32.7 Å². The number of fused-ring (bicyclic) bond motifs is 1. The van der Waals surface area contributed by atoms with Crippen LogP contribution in [0.2, 0.25) is 0 Å². The van der Waals surface area contributed by atoms with Crippen molar-refractivity contribution in [2.45, 2.75) is 6.92 Å². The van der Waals surface area contributed by atoms with Crippen molar-refractivity contribution in [1.82, 2.24) is 0 Å². The molecule has 0 aromatic heterocycles. The zero-order valence-corrected chi connectivity index (χ0v) is 11.2. The van der Waals surface area contributed by atoms with Gasteiger partial charge in [-0.1, -0.05) is 17.7 Å². The molecule has 0 radical (unpaired) electrons. The van der Waals surface area contributed by atoms with E-state index < -0.39 is 0 Å². The van der Waals surface area contributed by atoms with Gasteiger partial charge in [0, 0.05) is 5.75 Å². The molecule has 2 aromatic carbocycles. The fraction of sp³-hybridized carbons (Fsp3) is 0.167. The molecule has 0 amide bonds. The minimum Gasteiger partial charge on any atom is -0.523 e. The molecule has 0 spiro atoms. The molecule has 0 unspecified atom stereocenters. The van der Waals surface area contributed by atoms with E-state index in [4.69, 9.17) is 4.74 Å². The zero-order chi connectivity index (χ0) is 9.26. The summed E-state index contributed by atoms with van der Waals surface area (Å²) in [6.45, 7) is 2.09. The zero-order valence-electron chi connectivity index (χ0n) is 8.37. The maximum atomic E-state index is 5.10. The first-order chi connectivity index (χ1) is 6.29.